The first kappa shape index (κ1) is 12.2. The zero-order valence-corrected chi connectivity index (χ0v) is 6.41. The smallest absolute Gasteiger partial charge is 0.363 e. The Hall–Kier alpha value is -0.510. The number of hydrogen-bond donors (Lipinski definition) is 3. The summed E-state index contributed by atoms with van der Waals surface area (Å²) >= 11 is 0. The van der Waals surface area contributed by atoms with Crippen molar-refractivity contribution in [1.82, 2.24) is 0 Å². The summed E-state index contributed by atoms with van der Waals surface area (Å²) in [5.41, 5.74) is 0. The first-order valence-electron chi connectivity index (χ1n) is 2.57. The molecule has 0 unspecified atom stereocenters. The van der Waals surface area contributed by atoms with Gasteiger partial charge in [0.25, 0.3) is 0 Å². The van der Waals surface area contributed by atoms with Gasteiger partial charge in [-0.2, -0.15) is 0 Å². The lowest BCUT2D eigenvalue weighted by molar-refractivity contribution is -0.137. The SMILES string of the molecule is CCCC(=O)O.O=[P](O)O. The van der Waals surface area contributed by atoms with Crippen LogP contribution in [0.15, 0.2) is 0 Å². The van der Waals surface area contributed by atoms with Gasteiger partial charge >= 0.3 is 14.2 Å². The normalized spacial score (nSPS) is 7.50. The van der Waals surface area contributed by atoms with Gasteiger partial charge in [-0.1, -0.05) is 6.92 Å². The van der Waals surface area contributed by atoms with Gasteiger partial charge in [0.05, 0.1) is 0 Å². The van der Waals surface area contributed by atoms with E-state index in [1.54, 1.807) is 0 Å². The molecule has 0 aromatic rings. The van der Waals surface area contributed by atoms with E-state index in [2.05, 4.69) is 0 Å². The van der Waals surface area contributed by atoms with E-state index in [0.717, 1.165) is 6.42 Å². The van der Waals surface area contributed by atoms with Crippen LogP contribution in [0, 0.1) is 0 Å². The molecule has 0 aliphatic rings. The number of carbonyl (C=O) groups is 1. The van der Waals surface area contributed by atoms with E-state index < -0.39 is 14.2 Å². The molecule has 5 nitrogen and oxygen atoms in total. The van der Waals surface area contributed by atoms with E-state index in [0.29, 0.717) is 6.42 Å². The van der Waals surface area contributed by atoms with E-state index >= 15 is 0 Å². The summed E-state index contributed by atoms with van der Waals surface area (Å²) in [5.74, 6) is -0.711. The molecular weight excluding hydrogens is 159 g/mol. The summed E-state index contributed by atoms with van der Waals surface area (Å²) in [4.78, 5) is 23.8. The first-order valence-corrected chi connectivity index (χ1v) is 3.74. The maximum atomic E-state index is 9.60. The van der Waals surface area contributed by atoms with Gasteiger partial charge < -0.3 is 5.11 Å². The zero-order chi connectivity index (χ0) is 8.57. The average Bonchev–Trinajstić information content (AvgIpc) is 1.62. The minimum atomic E-state index is -2.87. The Kier molecular flexibility index (Phi) is 10.4. The molecule has 6 heteroatoms. The topological polar surface area (TPSA) is 94.8 Å². The summed E-state index contributed by atoms with van der Waals surface area (Å²) in [6.45, 7) is 1.84. The van der Waals surface area contributed by atoms with Crippen LogP contribution in [0.5, 0.6) is 0 Å². The van der Waals surface area contributed by atoms with Gasteiger partial charge in [-0.05, 0) is 6.42 Å². The molecule has 0 saturated heterocycles. The number of rotatable bonds is 2. The molecule has 0 aromatic carbocycles. The standard InChI is InChI=1S/C4H8O2.H2O3P/c1-2-3-4(5)6;1-4(2)3/h2-3H2,1H3,(H,5,6);(H2,1,2,3). The van der Waals surface area contributed by atoms with Gasteiger partial charge in [-0.15, -0.1) is 0 Å². The zero-order valence-electron chi connectivity index (χ0n) is 5.52. The van der Waals surface area contributed by atoms with Gasteiger partial charge in [0.2, 0.25) is 0 Å². The van der Waals surface area contributed by atoms with E-state index in [4.69, 9.17) is 19.5 Å². The van der Waals surface area contributed by atoms with Crippen LogP contribution in [0.3, 0.4) is 0 Å². The Labute approximate surface area is 59.3 Å². The molecule has 0 atom stereocenters. The Morgan fingerprint density at radius 3 is 1.80 bits per heavy atom. The van der Waals surface area contributed by atoms with Crippen molar-refractivity contribution in [3.8, 4) is 0 Å². The molecular formula is C4H10O5P. The quantitative estimate of drug-likeness (QED) is 0.523. The van der Waals surface area contributed by atoms with E-state index in [-0.39, 0.29) is 0 Å². The van der Waals surface area contributed by atoms with Gasteiger partial charge in [0.15, 0.2) is 0 Å². The van der Waals surface area contributed by atoms with Crippen molar-refractivity contribution in [3.05, 3.63) is 0 Å². The summed E-state index contributed by atoms with van der Waals surface area (Å²) in [6, 6.07) is 0. The highest BCUT2D eigenvalue weighted by atomic mass is 31.1. The van der Waals surface area contributed by atoms with Crippen molar-refractivity contribution in [3.63, 3.8) is 0 Å². The van der Waals surface area contributed by atoms with Crippen LogP contribution < -0.4 is 0 Å². The molecule has 61 valence electrons. The van der Waals surface area contributed by atoms with Crippen LogP contribution >= 0.6 is 8.25 Å². The van der Waals surface area contributed by atoms with E-state index in [9.17, 15) is 4.79 Å². The predicted octanol–water partition coefficient (Wildman–Crippen LogP) is 0.499. The largest absolute Gasteiger partial charge is 0.481 e. The van der Waals surface area contributed by atoms with Crippen molar-refractivity contribution in [2.45, 2.75) is 19.8 Å². The van der Waals surface area contributed by atoms with Gasteiger partial charge in [-0.25, -0.2) is 4.57 Å². The summed E-state index contributed by atoms with van der Waals surface area (Å²) in [7, 11) is -2.87. The van der Waals surface area contributed by atoms with Crippen molar-refractivity contribution >= 4 is 14.2 Å². The highest BCUT2D eigenvalue weighted by Crippen LogP contribution is 1.98. The van der Waals surface area contributed by atoms with Crippen molar-refractivity contribution in [2.24, 2.45) is 0 Å². The van der Waals surface area contributed by atoms with Crippen molar-refractivity contribution < 1.29 is 24.3 Å². The minimum absolute atomic E-state index is 0.292. The van der Waals surface area contributed by atoms with Gasteiger partial charge in [0.1, 0.15) is 0 Å². The Morgan fingerprint density at radius 2 is 1.80 bits per heavy atom. The highest BCUT2D eigenvalue weighted by molar-refractivity contribution is 7.30. The molecule has 0 saturated carbocycles. The van der Waals surface area contributed by atoms with Crippen LogP contribution in [-0.4, -0.2) is 20.9 Å². The van der Waals surface area contributed by atoms with Crippen LogP contribution in [0.25, 0.3) is 0 Å². The number of carboxylic acids is 1. The molecule has 0 aliphatic heterocycles. The molecule has 0 amide bonds. The molecule has 0 aliphatic carbocycles. The van der Waals surface area contributed by atoms with E-state index in [1.165, 1.54) is 0 Å². The lowest BCUT2D eigenvalue weighted by Gasteiger charge is -1.79. The fraction of sp³-hybridized carbons (Fsp3) is 0.750. The molecule has 3 N–H and O–H groups in total. The second-order valence-electron chi connectivity index (χ2n) is 1.40. The van der Waals surface area contributed by atoms with Gasteiger partial charge in [0, 0.05) is 6.42 Å². The van der Waals surface area contributed by atoms with Crippen LogP contribution in [0.2, 0.25) is 0 Å². The monoisotopic (exact) mass is 169 g/mol. The third kappa shape index (κ3) is 50.9. The predicted molar refractivity (Wildman–Crippen MR) is 34.6 cm³/mol. The molecule has 0 heterocycles. The van der Waals surface area contributed by atoms with Crippen LogP contribution in [-0.2, 0) is 9.36 Å². The fourth-order valence-corrected chi connectivity index (χ4v) is 0.214. The average molecular weight is 169 g/mol. The molecule has 0 fully saturated rings. The maximum Gasteiger partial charge on any atom is 0.363 e. The van der Waals surface area contributed by atoms with E-state index in [1.807, 2.05) is 6.92 Å². The Bertz CT molecular complexity index is 108. The van der Waals surface area contributed by atoms with Gasteiger partial charge in [-0.3, -0.25) is 14.6 Å². The highest BCUT2D eigenvalue weighted by Gasteiger charge is 1.87. The number of carboxylic acid groups (broad SMARTS) is 1. The van der Waals surface area contributed by atoms with Crippen LogP contribution in [0.4, 0.5) is 0 Å². The second kappa shape index (κ2) is 8.49. The fourth-order valence-electron chi connectivity index (χ4n) is 0.214. The molecule has 0 aromatic heterocycles. The minimum Gasteiger partial charge on any atom is -0.481 e. The Morgan fingerprint density at radius 1 is 1.50 bits per heavy atom. The van der Waals surface area contributed by atoms with Crippen molar-refractivity contribution in [1.29, 1.82) is 0 Å². The van der Waals surface area contributed by atoms with Crippen LogP contribution in [0.1, 0.15) is 19.8 Å². The third-order valence-electron chi connectivity index (χ3n) is 0.464. The third-order valence-corrected chi connectivity index (χ3v) is 0.464. The maximum absolute atomic E-state index is 9.60. The number of hydrogen-bond acceptors (Lipinski definition) is 2. The summed E-state index contributed by atoms with van der Waals surface area (Å²) in [5, 5.41) is 7.91. The molecule has 10 heavy (non-hydrogen) atoms. The van der Waals surface area contributed by atoms with Crippen molar-refractivity contribution in [2.75, 3.05) is 0 Å². The first-order chi connectivity index (χ1) is 4.50. The Balaban J connectivity index is 0. The molecule has 0 rings (SSSR count). The lowest BCUT2D eigenvalue weighted by Crippen LogP contribution is -1.90. The summed E-state index contributed by atoms with van der Waals surface area (Å²) in [6.07, 6.45) is 1.02. The molecule has 1 radical (unpaired) electrons. The number of aliphatic carboxylic acids is 1. The molecule has 0 bridgehead atoms. The lowest BCUT2D eigenvalue weighted by atomic mass is 10.4. The summed E-state index contributed by atoms with van der Waals surface area (Å²) < 4.78 is 8.70. The molecule has 0 spiro atoms. The second-order valence-corrected chi connectivity index (χ2v) is 1.90.